The molecular formula is C22H19N3O3. The monoisotopic (exact) mass is 373 g/mol. The first-order valence-corrected chi connectivity index (χ1v) is 8.92. The van der Waals surface area contributed by atoms with E-state index in [2.05, 4.69) is 10.4 Å². The number of hydrogen-bond acceptors (Lipinski definition) is 4. The molecular weight excluding hydrogens is 354 g/mol. The molecule has 6 heteroatoms. The van der Waals surface area contributed by atoms with Crippen molar-refractivity contribution in [3.05, 3.63) is 82.6 Å². The maximum absolute atomic E-state index is 12.4. The highest BCUT2D eigenvalue weighted by molar-refractivity contribution is 5.85. The number of nitrogens with one attached hydrogen (secondary N) is 1. The van der Waals surface area contributed by atoms with E-state index in [4.69, 9.17) is 4.74 Å². The van der Waals surface area contributed by atoms with Gasteiger partial charge in [-0.3, -0.25) is 14.3 Å². The number of benzene rings is 3. The fraction of sp³-hybridized carbons (Fsp3) is 0.136. The summed E-state index contributed by atoms with van der Waals surface area (Å²) in [7, 11) is 1.64. The Labute approximate surface area is 161 Å². The number of rotatable bonds is 5. The maximum Gasteiger partial charge on any atom is 0.242 e. The summed E-state index contributed by atoms with van der Waals surface area (Å²) in [5, 5.41) is 9.72. The molecule has 0 aliphatic carbocycles. The predicted molar refractivity (Wildman–Crippen MR) is 108 cm³/mol. The normalized spacial score (nSPS) is 10.9. The van der Waals surface area contributed by atoms with Crippen LogP contribution < -0.4 is 15.5 Å². The van der Waals surface area contributed by atoms with Crippen LogP contribution in [0, 0.1) is 0 Å². The van der Waals surface area contributed by atoms with Crippen LogP contribution in [0.2, 0.25) is 0 Å². The number of nitrogens with zero attached hydrogens (tertiary/aromatic N) is 2. The minimum atomic E-state index is -0.170. The van der Waals surface area contributed by atoms with E-state index >= 15 is 0 Å². The third-order valence-electron chi connectivity index (χ3n) is 4.66. The molecule has 0 spiro atoms. The molecule has 1 aromatic heterocycles. The zero-order chi connectivity index (χ0) is 19.5. The molecule has 1 N–H and O–H groups in total. The zero-order valence-electron chi connectivity index (χ0n) is 15.4. The van der Waals surface area contributed by atoms with Crippen molar-refractivity contribution in [1.29, 1.82) is 0 Å². The molecule has 0 bridgehead atoms. The first kappa shape index (κ1) is 17.7. The molecule has 0 aliphatic heterocycles. The van der Waals surface area contributed by atoms with Crippen molar-refractivity contribution < 1.29 is 9.53 Å². The summed E-state index contributed by atoms with van der Waals surface area (Å²) in [6, 6.07) is 19.1. The van der Waals surface area contributed by atoms with Crippen LogP contribution in [-0.4, -0.2) is 22.8 Å². The maximum atomic E-state index is 12.4. The summed E-state index contributed by atoms with van der Waals surface area (Å²) < 4.78 is 6.78. The standard InChI is InChI=1S/C22H19N3O3/c1-28-18-9-8-16-10-15(6-7-17(16)11-18)12-23-22(27)14-25-20-5-3-2-4-19(20)21(26)13-24-25/h2-11,13H,12,14H2,1H3,(H,23,27). The molecule has 1 amide bonds. The Hall–Kier alpha value is -3.67. The Morgan fingerprint density at radius 1 is 1.07 bits per heavy atom. The molecule has 4 rings (SSSR count). The van der Waals surface area contributed by atoms with Crippen molar-refractivity contribution >= 4 is 27.6 Å². The van der Waals surface area contributed by atoms with Gasteiger partial charge in [0.05, 0.1) is 18.8 Å². The summed E-state index contributed by atoms with van der Waals surface area (Å²) in [5.41, 5.74) is 1.49. The Bertz CT molecular complexity index is 1230. The SMILES string of the molecule is COc1ccc2cc(CNC(=O)Cn3ncc(=O)c4ccccc43)ccc2c1. The number of methoxy groups -OCH3 is 1. The topological polar surface area (TPSA) is 73.2 Å². The van der Waals surface area contributed by atoms with Gasteiger partial charge in [0.1, 0.15) is 12.3 Å². The van der Waals surface area contributed by atoms with Gasteiger partial charge >= 0.3 is 0 Å². The molecule has 6 nitrogen and oxygen atoms in total. The van der Waals surface area contributed by atoms with Crippen LogP contribution in [0.15, 0.2) is 71.7 Å². The number of carbonyl (C=O) groups is 1. The van der Waals surface area contributed by atoms with Crippen LogP contribution in [0.5, 0.6) is 5.75 Å². The molecule has 0 saturated heterocycles. The predicted octanol–water partition coefficient (Wildman–Crippen LogP) is 2.87. The lowest BCUT2D eigenvalue weighted by Crippen LogP contribution is -2.28. The molecule has 0 atom stereocenters. The highest BCUT2D eigenvalue weighted by atomic mass is 16.5. The van der Waals surface area contributed by atoms with Gasteiger partial charge in [-0.05, 0) is 46.7 Å². The third-order valence-corrected chi connectivity index (χ3v) is 4.66. The Morgan fingerprint density at radius 3 is 2.71 bits per heavy atom. The highest BCUT2D eigenvalue weighted by Crippen LogP contribution is 2.21. The van der Waals surface area contributed by atoms with Crippen LogP contribution in [0.4, 0.5) is 0 Å². The van der Waals surface area contributed by atoms with E-state index in [1.807, 2.05) is 42.5 Å². The number of carbonyl (C=O) groups excluding carboxylic acids is 1. The Balaban J connectivity index is 1.47. The molecule has 0 radical (unpaired) electrons. The first-order chi connectivity index (χ1) is 13.6. The molecule has 28 heavy (non-hydrogen) atoms. The van der Waals surface area contributed by atoms with Gasteiger partial charge < -0.3 is 10.1 Å². The number of amides is 1. The van der Waals surface area contributed by atoms with E-state index in [9.17, 15) is 9.59 Å². The molecule has 0 saturated carbocycles. The van der Waals surface area contributed by atoms with Crippen LogP contribution >= 0.6 is 0 Å². The summed E-state index contributed by atoms with van der Waals surface area (Å²) in [6.45, 7) is 0.463. The molecule has 1 heterocycles. The smallest absolute Gasteiger partial charge is 0.242 e. The molecule has 0 unspecified atom stereocenters. The Morgan fingerprint density at radius 2 is 1.86 bits per heavy atom. The van der Waals surface area contributed by atoms with Crippen molar-refractivity contribution in [2.75, 3.05) is 7.11 Å². The second-order valence-electron chi connectivity index (χ2n) is 6.51. The lowest BCUT2D eigenvalue weighted by Gasteiger charge is -2.10. The van der Waals surface area contributed by atoms with Gasteiger partial charge in [-0.15, -0.1) is 0 Å². The van der Waals surface area contributed by atoms with Gasteiger partial charge in [0.25, 0.3) is 0 Å². The average molecular weight is 373 g/mol. The zero-order valence-corrected chi connectivity index (χ0v) is 15.4. The highest BCUT2D eigenvalue weighted by Gasteiger charge is 2.08. The lowest BCUT2D eigenvalue weighted by molar-refractivity contribution is -0.121. The van der Waals surface area contributed by atoms with Gasteiger partial charge in [-0.1, -0.05) is 30.3 Å². The van der Waals surface area contributed by atoms with Gasteiger partial charge in [0, 0.05) is 11.9 Å². The van der Waals surface area contributed by atoms with E-state index in [1.54, 1.807) is 30.0 Å². The fourth-order valence-electron chi connectivity index (χ4n) is 3.19. The van der Waals surface area contributed by atoms with Crippen LogP contribution in [0.3, 0.4) is 0 Å². The number of hydrogen-bond donors (Lipinski definition) is 1. The molecule has 0 aliphatic rings. The van der Waals surface area contributed by atoms with Gasteiger partial charge in [0.15, 0.2) is 0 Å². The fourth-order valence-corrected chi connectivity index (χ4v) is 3.19. The molecule has 0 fully saturated rings. The molecule has 140 valence electrons. The number of fused-ring (bicyclic) bond motifs is 2. The van der Waals surface area contributed by atoms with Gasteiger partial charge in [-0.25, -0.2) is 0 Å². The summed E-state index contributed by atoms with van der Waals surface area (Å²) in [5.74, 6) is 0.644. The van der Waals surface area contributed by atoms with Crippen molar-refractivity contribution in [2.24, 2.45) is 0 Å². The van der Waals surface area contributed by atoms with Crippen molar-refractivity contribution in [3.8, 4) is 5.75 Å². The van der Waals surface area contributed by atoms with E-state index in [1.165, 1.54) is 6.20 Å². The van der Waals surface area contributed by atoms with Crippen molar-refractivity contribution in [1.82, 2.24) is 15.1 Å². The second-order valence-corrected chi connectivity index (χ2v) is 6.51. The van der Waals surface area contributed by atoms with Crippen LogP contribution in [-0.2, 0) is 17.9 Å². The largest absolute Gasteiger partial charge is 0.497 e. The minimum absolute atomic E-state index is 0.0472. The van der Waals surface area contributed by atoms with E-state index in [-0.39, 0.29) is 17.9 Å². The third kappa shape index (κ3) is 3.57. The Kier molecular flexibility index (Phi) is 4.76. The number of aromatic nitrogens is 2. The average Bonchev–Trinajstić information content (AvgIpc) is 2.74. The molecule has 3 aromatic carbocycles. The van der Waals surface area contributed by atoms with Crippen LogP contribution in [0.1, 0.15) is 5.56 Å². The van der Waals surface area contributed by atoms with E-state index in [0.29, 0.717) is 17.4 Å². The van der Waals surface area contributed by atoms with E-state index < -0.39 is 0 Å². The summed E-state index contributed by atoms with van der Waals surface area (Å²) in [6.07, 6.45) is 1.24. The summed E-state index contributed by atoms with van der Waals surface area (Å²) in [4.78, 5) is 24.3. The number of ether oxygens (including phenoxy) is 1. The second kappa shape index (κ2) is 7.52. The number of para-hydroxylation sites is 1. The lowest BCUT2D eigenvalue weighted by atomic mass is 10.1. The quantitative estimate of drug-likeness (QED) is 0.584. The van der Waals surface area contributed by atoms with Gasteiger partial charge in [-0.2, -0.15) is 5.10 Å². The van der Waals surface area contributed by atoms with Gasteiger partial charge in [0.2, 0.25) is 11.3 Å². The minimum Gasteiger partial charge on any atom is -0.497 e. The van der Waals surface area contributed by atoms with Crippen LogP contribution in [0.25, 0.3) is 21.7 Å². The summed E-state index contributed by atoms with van der Waals surface area (Å²) >= 11 is 0. The molecule has 4 aromatic rings. The van der Waals surface area contributed by atoms with Crippen molar-refractivity contribution in [3.63, 3.8) is 0 Å². The first-order valence-electron chi connectivity index (χ1n) is 8.92. The van der Waals surface area contributed by atoms with E-state index in [0.717, 1.165) is 22.1 Å². The van der Waals surface area contributed by atoms with Crippen molar-refractivity contribution in [2.45, 2.75) is 13.1 Å².